The van der Waals surface area contributed by atoms with E-state index in [4.69, 9.17) is 15.0 Å². The Kier molecular flexibility index (Phi) is 3.55. The topological polar surface area (TPSA) is 74.2 Å². The number of hydrogen-bond donors (Lipinski definition) is 1. The maximum atomic E-state index is 5.91. The zero-order chi connectivity index (χ0) is 14.7. The van der Waals surface area contributed by atoms with Crippen molar-refractivity contribution in [3.63, 3.8) is 0 Å². The summed E-state index contributed by atoms with van der Waals surface area (Å²) in [4.78, 5) is 4.11. The fourth-order valence-electron chi connectivity index (χ4n) is 2.17. The third-order valence-electron chi connectivity index (χ3n) is 3.11. The summed E-state index contributed by atoms with van der Waals surface area (Å²) < 4.78 is 10.6. The maximum Gasteiger partial charge on any atom is 0.230 e. The molecule has 3 aromatic rings. The van der Waals surface area contributed by atoms with E-state index in [1.165, 1.54) is 0 Å². The molecule has 0 aliphatic carbocycles. The molecule has 3 rings (SSSR count). The van der Waals surface area contributed by atoms with Crippen LogP contribution in [0.3, 0.4) is 0 Å². The molecule has 0 aliphatic rings. The number of pyridine rings is 1. The Morgan fingerprint density at radius 2 is 1.95 bits per heavy atom. The van der Waals surface area contributed by atoms with Gasteiger partial charge in [-0.2, -0.15) is 0 Å². The molecule has 0 saturated carbocycles. The molecule has 0 bridgehead atoms. The van der Waals surface area contributed by atoms with Gasteiger partial charge >= 0.3 is 0 Å². The molecule has 5 heteroatoms. The van der Waals surface area contributed by atoms with Crippen molar-refractivity contribution in [3.05, 3.63) is 48.8 Å². The predicted octanol–water partition coefficient (Wildman–Crippen LogP) is 3.38. The van der Waals surface area contributed by atoms with Crippen LogP contribution in [0.4, 0.5) is 5.88 Å². The molecule has 0 atom stereocenters. The minimum atomic E-state index is 0.284. The van der Waals surface area contributed by atoms with E-state index in [-0.39, 0.29) is 5.88 Å². The van der Waals surface area contributed by atoms with Crippen molar-refractivity contribution in [1.82, 2.24) is 10.1 Å². The van der Waals surface area contributed by atoms with Crippen LogP contribution in [-0.4, -0.2) is 16.7 Å². The summed E-state index contributed by atoms with van der Waals surface area (Å²) in [6.07, 6.45) is 3.45. The highest BCUT2D eigenvalue weighted by molar-refractivity contribution is 5.86. The van der Waals surface area contributed by atoms with Gasteiger partial charge < -0.3 is 15.0 Å². The monoisotopic (exact) mass is 281 g/mol. The second-order valence-corrected chi connectivity index (χ2v) is 4.47. The molecule has 0 fully saturated rings. The van der Waals surface area contributed by atoms with Gasteiger partial charge in [-0.1, -0.05) is 11.2 Å². The number of anilines is 1. The van der Waals surface area contributed by atoms with Gasteiger partial charge in [0, 0.05) is 23.5 Å². The number of nitrogens with two attached hydrogens (primary N) is 1. The number of nitrogens with zero attached hydrogens (tertiary/aromatic N) is 2. The molecule has 2 heterocycles. The van der Waals surface area contributed by atoms with Gasteiger partial charge in [0.25, 0.3) is 0 Å². The Hall–Kier alpha value is -2.82. The summed E-state index contributed by atoms with van der Waals surface area (Å²) in [7, 11) is 0. The van der Waals surface area contributed by atoms with Crippen LogP contribution >= 0.6 is 0 Å². The number of hydrogen-bond acceptors (Lipinski definition) is 5. The first kappa shape index (κ1) is 13.2. The van der Waals surface area contributed by atoms with Crippen LogP contribution in [0.15, 0.2) is 53.3 Å². The third kappa shape index (κ3) is 2.58. The molecule has 2 N–H and O–H groups in total. The molecule has 106 valence electrons. The molecule has 0 radical (unpaired) electrons. The quantitative estimate of drug-likeness (QED) is 0.793. The second kappa shape index (κ2) is 5.66. The van der Waals surface area contributed by atoms with E-state index in [0.29, 0.717) is 12.3 Å². The average Bonchev–Trinajstić information content (AvgIpc) is 2.91. The van der Waals surface area contributed by atoms with Crippen molar-refractivity contribution in [1.29, 1.82) is 0 Å². The van der Waals surface area contributed by atoms with Crippen molar-refractivity contribution in [2.45, 2.75) is 6.92 Å². The van der Waals surface area contributed by atoms with E-state index >= 15 is 0 Å². The molecule has 21 heavy (non-hydrogen) atoms. The third-order valence-corrected chi connectivity index (χ3v) is 3.11. The Morgan fingerprint density at radius 3 is 2.62 bits per heavy atom. The van der Waals surface area contributed by atoms with Crippen LogP contribution in [0.2, 0.25) is 0 Å². The molecule has 2 aromatic heterocycles. The van der Waals surface area contributed by atoms with Crippen LogP contribution in [-0.2, 0) is 0 Å². The zero-order valence-electron chi connectivity index (χ0n) is 11.6. The van der Waals surface area contributed by atoms with Crippen molar-refractivity contribution in [3.8, 4) is 28.1 Å². The summed E-state index contributed by atoms with van der Waals surface area (Å²) >= 11 is 0. The molecule has 0 saturated heterocycles. The van der Waals surface area contributed by atoms with E-state index < -0.39 is 0 Å². The molecule has 0 aliphatic heterocycles. The van der Waals surface area contributed by atoms with Crippen LogP contribution in [0.25, 0.3) is 22.4 Å². The smallest absolute Gasteiger partial charge is 0.230 e. The first-order valence-corrected chi connectivity index (χ1v) is 6.68. The largest absolute Gasteiger partial charge is 0.494 e. The SMILES string of the molecule is CCOc1ccc(-c2noc(N)c2-c2cccnc2)cc1. The van der Waals surface area contributed by atoms with Crippen LogP contribution in [0.5, 0.6) is 5.75 Å². The summed E-state index contributed by atoms with van der Waals surface area (Å²) in [6, 6.07) is 11.4. The first-order chi connectivity index (χ1) is 10.3. The molecule has 1 aromatic carbocycles. The number of benzene rings is 1. The summed E-state index contributed by atoms with van der Waals surface area (Å²) in [6.45, 7) is 2.59. The fraction of sp³-hybridized carbons (Fsp3) is 0.125. The second-order valence-electron chi connectivity index (χ2n) is 4.47. The van der Waals surface area contributed by atoms with E-state index in [2.05, 4.69) is 10.1 Å². The van der Waals surface area contributed by atoms with Gasteiger partial charge in [-0.3, -0.25) is 4.98 Å². The Morgan fingerprint density at radius 1 is 1.14 bits per heavy atom. The Balaban J connectivity index is 2.03. The first-order valence-electron chi connectivity index (χ1n) is 6.68. The van der Waals surface area contributed by atoms with Crippen molar-refractivity contribution in [2.75, 3.05) is 12.3 Å². The highest BCUT2D eigenvalue weighted by atomic mass is 16.5. The van der Waals surface area contributed by atoms with E-state index in [1.54, 1.807) is 12.4 Å². The molecular weight excluding hydrogens is 266 g/mol. The van der Waals surface area contributed by atoms with Gasteiger partial charge in [0.2, 0.25) is 5.88 Å². The molecule has 0 amide bonds. The summed E-state index contributed by atoms with van der Waals surface area (Å²) in [5.74, 6) is 1.10. The lowest BCUT2D eigenvalue weighted by Gasteiger charge is -2.05. The van der Waals surface area contributed by atoms with E-state index in [0.717, 1.165) is 22.4 Å². The van der Waals surface area contributed by atoms with E-state index in [1.807, 2.05) is 43.3 Å². The van der Waals surface area contributed by atoms with Crippen molar-refractivity contribution >= 4 is 5.88 Å². The van der Waals surface area contributed by atoms with Gasteiger partial charge in [0.05, 0.1) is 12.2 Å². The predicted molar refractivity (Wildman–Crippen MR) is 80.8 cm³/mol. The minimum Gasteiger partial charge on any atom is -0.494 e. The average molecular weight is 281 g/mol. The standard InChI is InChI=1S/C16H15N3O2/c1-2-20-13-7-5-11(6-8-13)15-14(16(17)21-19-15)12-4-3-9-18-10-12/h3-10H,2,17H2,1H3. The lowest BCUT2D eigenvalue weighted by molar-refractivity contribution is 0.340. The van der Waals surface area contributed by atoms with Gasteiger partial charge in [-0.25, -0.2) is 0 Å². The molecular formula is C16H15N3O2. The number of aromatic nitrogens is 2. The van der Waals surface area contributed by atoms with Gasteiger partial charge in [-0.15, -0.1) is 0 Å². The fourth-order valence-corrected chi connectivity index (χ4v) is 2.17. The Labute approximate surface area is 122 Å². The van der Waals surface area contributed by atoms with Gasteiger partial charge in [0.1, 0.15) is 11.4 Å². The number of rotatable bonds is 4. The summed E-state index contributed by atoms with van der Waals surface area (Å²) in [5, 5.41) is 4.07. The van der Waals surface area contributed by atoms with E-state index in [9.17, 15) is 0 Å². The Bertz CT molecular complexity index is 721. The maximum absolute atomic E-state index is 5.91. The lowest BCUT2D eigenvalue weighted by Crippen LogP contribution is -1.91. The molecule has 0 spiro atoms. The molecule has 5 nitrogen and oxygen atoms in total. The summed E-state index contributed by atoms with van der Waals surface area (Å²) in [5.41, 5.74) is 9.15. The molecule has 0 unspecified atom stereocenters. The van der Waals surface area contributed by atoms with Crippen LogP contribution < -0.4 is 10.5 Å². The van der Waals surface area contributed by atoms with Gasteiger partial charge in [-0.05, 0) is 37.3 Å². The number of ether oxygens (including phenoxy) is 1. The van der Waals surface area contributed by atoms with Crippen molar-refractivity contribution in [2.24, 2.45) is 0 Å². The van der Waals surface area contributed by atoms with Crippen molar-refractivity contribution < 1.29 is 9.26 Å². The lowest BCUT2D eigenvalue weighted by atomic mass is 10.0. The highest BCUT2D eigenvalue weighted by Crippen LogP contribution is 2.36. The highest BCUT2D eigenvalue weighted by Gasteiger charge is 2.17. The van der Waals surface area contributed by atoms with Crippen LogP contribution in [0.1, 0.15) is 6.92 Å². The van der Waals surface area contributed by atoms with Gasteiger partial charge in [0.15, 0.2) is 0 Å². The number of nitrogen functional groups attached to an aromatic ring is 1. The van der Waals surface area contributed by atoms with Crippen LogP contribution in [0, 0.1) is 0 Å². The normalized spacial score (nSPS) is 10.5. The zero-order valence-corrected chi connectivity index (χ0v) is 11.6. The minimum absolute atomic E-state index is 0.284.